The number of rotatable bonds is 5. The minimum absolute atomic E-state index is 0.0317. The van der Waals surface area contributed by atoms with Crippen molar-refractivity contribution in [1.29, 1.82) is 0 Å². The lowest BCUT2D eigenvalue weighted by Crippen LogP contribution is -2.45. The van der Waals surface area contributed by atoms with E-state index in [1.165, 1.54) is 24.8 Å². The lowest BCUT2D eigenvalue weighted by Gasteiger charge is -2.32. The quantitative estimate of drug-likeness (QED) is 0.815. The van der Waals surface area contributed by atoms with Crippen molar-refractivity contribution < 1.29 is 14.7 Å². The van der Waals surface area contributed by atoms with Gasteiger partial charge in [0.05, 0.1) is 0 Å². The number of nitrogens with zero attached hydrogens (tertiary/aromatic N) is 1. The maximum absolute atomic E-state index is 12.6. The van der Waals surface area contributed by atoms with Crippen molar-refractivity contribution in [2.75, 3.05) is 13.1 Å². The molecule has 0 aromatic heterocycles. The number of likely N-dealkylation sites (tertiary alicyclic amines) is 1. The van der Waals surface area contributed by atoms with Gasteiger partial charge in [-0.25, -0.2) is 4.79 Å². The van der Waals surface area contributed by atoms with Crippen LogP contribution >= 0.6 is 0 Å². The molecule has 3 rings (SSSR count). The Balaban J connectivity index is 1.65. The minimum Gasteiger partial charge on any atom is -0.481 e. The van der Waals surface area contributed by atoms with Crippen molar-refractivity contribution in [3.05, 3.63) is 35.9 Å². The molecular weight excluding hydrogens is 304 g/mol. The normalized spacial score (nSPS) is 26.0. The van der Waals surface area contributed by atoms with Gasteiger partial charge in [-0.15, -0.1) is 0 Å². The average molecular weight is 330 g/mol. The minimum atomic E-state index is -0.818. The summed E-state index contributed by atoms with van der Waals surface area (Å²) in [5.41, 5.74) is 1.33. The number of carbonyl (C=O) groups is 2. The zero-order chi connectivity index (χ0) is 16.9. The predicted molar refractivity (Wildman–Crippen MR) is 91.9 cm³/mol. The van der Waals surface area contributed by atoms with Crippen LogP contribution in [0.25, 0.3) is 0 Å². The predicted octanol–water partition coefficient (Wildman–Crippen LogP) is 3.22. The maximum Gasteiger partial charge on any atom is 0.317 e. The molecule has 1 saturated heterocycles. The van der Waals surface area contributed by atoms with Gasteiger partial charge in [-0.3, -0.25) is 4.79 Å². The third-order valence-electron chi connectivity index (χ3n) is 5.42. The number of benzene rings is 1. The van der Waals surface area contributed by atoms with E-state index in [1.807, 2.05) is 11.0 Å². The standard InChI is InChI=1S/C19H26N2O3/c22-18(23)11-6-12-20-19(24)21-13-16(14-7-2-1-3-8-14)15-9-4-5-10-17(15)21/h1-3,7-8,15-17H,4-6,9-13H2,(H,20,24)(H,22,23). The fraction of sp³-hybridized carbons (Fsp3) is 0.579. The smallest absolute Gasteiger partial charge is 0.317 e. The highest BCUT2D eigenvalue weighted by Crippen LogP contribution is 2.44. The topological polar surface area (TPSA) is 69.6 Å². The van der Waals surface area contributed by atoms with Crippen LogP contribution in [0.5, 0.6) is 0 Å². The molecule has 1 heterocycles. The van der Waals surface area contributed by atoms with E-state index in [0.717, 1.165) is 13.0 Å². The van der Waals surface area contributed by atoms with E-state index in [9.17, 15) is 9.59 Å². The fourth-order valence-electron chi connectivity index (χ4n) is 4.30. The van der Waals surface area contributed by atoms with Gasteiger partial charge < -0.3 is 15.3 Å². The van der Waals surface area contributed by atoms with Gasteiger partial charge in [0, 0.05) is 31.5 Å². The Morgan fingerprint density at radius 3 is 2.67 bits per heavy atom. The lowest BCUT2D eigenvalue weighted by molar-refractivity contribution is -0.137. The first kappa shape index (κ1) is 16.8. The Labute approximate surface area is 143 Å². The molecule has 2 aliphatic rings. The molecule has 2 amide bonds. The Kier molecular flexibility index (Phi) is 5.38. The number of carboxylic acid groups (broad SMARTS) is 1. The first-order valence-electron chi connectivity index (χ1n) is 8.98. The lowest BCUT2D eigenvalue weighted by atomic mass is 9.77. The first-order valence-corrected chi connectivity index (χ1v) is 8.98. The van der Waals surface area contributed by atoms with Gasteiger partial charge in [0.25, 0.3) is 0 Å². The van der Waals surface area contributed by atoms with Crippen molar-refractivity contribution >= 4 is 12.0 Å². The second-order valence-corrected chi connectivity index (χ2v) is 6.91. The number of aliphatic carboxylic acids is 1. The van der Waals surface area contributed by atoms with Gasteiger partial charge >= 0.3 is 12.0 Å². The largest absolute Gasteiger partial charge is 0.481 e. The zero-order valence-corrected chi connectivity index (χ0v) is 14.0. The number of hydrogen-bond donors (Lipinski definition) is 2. The molecule has 130 valence electrons. The summed E-state index contributed by atoms with van der Waals surface area (Å²) in [6.07, 6.45) is 5.28. The Morgan fingerprint density at radius 1 is 1.17 bits per heavy atom. The summed E-state index contributed by atoms with van der Waals surface area (Å²) >= 11 is 0. The van der Waals surface area contributed by atoms with Crippen molar-refractivity contribution in [3.8, 4) is 0 Å². The third-order valence-corrected chi connectivity index (χ3v) is 5.42. The van der Waals surface area contributed by atoms with Crippen LogP contribution in [0.1, 0.15) is 50.0 Å². The van der Waals surface area contributed by atoms with E-state index >= 15 is 0 Å². The Morgan fingerprint density at radius 2 is 1.92 bits per heavy atom. The summed E-state index contributed by atoms with van der Waals surface area (Å²) in [6.45, 7) is 1.19. The van der Waals surface area contributed by atoms with Crippen molar-refractivity contribution in [3.63, 3.8) is 0 Å². The van der Waals surface area contributed by atoms with Crippen LogP contribution in [0.4, 0.5) is 4.79 Å². The molecule has 1 aromatic rings. The highest BCUT2D eigenvalue weighted by molar-refractivity contribution is 5.75. The van der Waals surface area contributed by atoms with E-state index in [2.05, 4.69) is 29.6 Å². The Bertz CT molecular complexity index is 575. The summed E-state index contributed by atoms with van der Waals surface area (Å²) in [6, 6.07) is 10.8. The molecule has 1 aliphatic heterocycles. The van der Waals surface area contributed by atoms with Crippen LogP contribution in [0.3, 0.4) is 0 Å². The number of carboxylic acids is 1. The third kappa shape index (κ3) is 3.71. The monoisotopic (exact) mass is 330 g/mol. The summed E-state index contributed by atoms with van der Waals surface area (Å²) in [5.74, 6) is 0.147. The molecule has 2 N–H and O–H groups in total. The number of amides is 2. The molecule has 0 spiro atoms. The van der Waals surface area contributed by atoms with Gasteiger partial charge in [-0.2, -0.15) is 0 Å². The first-order chi connectivity index (χ1) is 11.7. The number of carbonyl (C=O) groups excluding carboxylic acids is 1. The van der Waals surface area contributed by atoms with Gasteiger partial charge in [-0.1, -0.05) is 43.2 Å². The molecule has 5 heteroatoms. The molecule has 1 aromatic carbocycles. The number of fused-ring (bicyclic) bond motifs is 1. The molecule has 1 aliphatic carbocycles. The SMILES string of the molecule is O=C(O)CCCNC(=O)N1CC(c2ccccc2)C2CCCCC21. The molecule has 3 unspecified atom stereocenters. The van der Waals surface area contributed by atoms with Crippen molar-refractivity contribution in [1.82, 2.24) is 10.2 Å². The molecule has 2 fully saturated rings. The number of hydrogen-bond acceptors (Lipinski definition) is 2. The van der Waals surface area contributed by atoms with Gasteiger partial charge in [0.1, 0.15) is 0 Å². The van der Waals surface area contributed by atoms with E-state index < -0.39 is 5.97 Å². The zero-order valence-electron chi connectivity index (χ0n) is 14.0. The maximum atomic E-state index is 12.6. The van der Waals surface area contributed by atoms with E-state index in [0.29, 0.717) is 30.8 Å². The molecule has 1 saturated carbocycles. The second kappa shape index (κ2) is 7.69. The molecule has 0 radical (unpaired) electrons. The van der Waals surface area contributed by atoms with Crippen LogP contribution in [0.2, 0.25) is 0 Å². The van der Waals surface area contributed by atoms with Crippen molar-refractivity contribution in [2.45, 2.75) is 50.5 Å². The summed E-state index contributed by atoms with van der Waals surface area (Å²) in [4.78, 5) is 25.2. The van der Waals surface area contributed by atoms with Crippen molar-refractivity contribution in [2.24, 2.45) is 5.92 Å². The van der Waals surface area contributed by atoms with Crippen LogP contribution in [-0.4, -0.2) is 41.1 Å². The second-order valence-electron chi connectivity index (χ2n) is 6.91. The van der Waals surface area contributed by atoms with E-state index in [-0.39, 0.29) is 12.5 Å². The van der Waals surface area contributed by atoms with Crippen LogP contribution < -0.4 is 5.32 Å². The summed E-state index contributed by atoms with van der Waals surface area (Å²) < 4.78 is 0. The molecule has 5 nitrogen and oxygen atoms in total. The van der Waals surface area contributed by atoms with Gasteiger partial charge in [-0.05, 0) is 30.7 Å². The van der Waals surface area contributed by atoms with Gasteiger partial charge in [0.15, 0.2) is 0 Å². The van der Waals surface area contributed by atoms with Crippen LogP contribution in [-0.2, 0) is 4.79 Å². The highest BCUT2D eigenvalue weighted by Gasteiger charge is 2.45. The molecule has 24 heavy (non-hydrogen) atoms. The number of nitrogens with one attached hydrogen (secondary N) is 1. The summed E-state index contributed by atoms with van der Waals surface area (Å²) in [7, 11) is 0. The molecule has 3 atom stereocenters. The van der Waals surface area contributed by atoms with Gasteiger partial charge in [0.2, 0.25) is 0 Å². The fourth-order valence-corrected chi connectivity index (χ4v) is 4.30. The average Bonchev–Trinajstić information content (AvgIpc) is 2.99. The van der Waals surface area contributed by atoms with E-state index in [4.69, 9.17) is 5.11 Å². The number of urea groups is 1. The molecule has 0 bridgehead atoms. The summed E-state index contributed by atoms with van der Waals surface area (Å²) in [5, 5.41) is 11.6. The Hall–Kier alpha value is -2.04. The molecular formula is C19H26N2O3. The highest BCUT2D eigenvalue weighted by atomic mass is 16.4. The van der Waals surface area contributed by atoms with Crippen LogP contribution in [0.15, 0.2) is 30.3 Å². The van der Waals surface area contributed by atoms with E-state index in [1.54, 1.807) is 0 Å². The van der Waals surface area contributed by atoms with Crippen LogP contribution in [0, 0.1) is 5.92 Å².